The van der Waals surface area contributed by atoms with Crippen molar-refractivity contribution in [3.63, 3.8) is 0 Å². The molecule has 1 atom stereocenters. The molecule has 7 heavy (non-hydrogen) atoms. The molecule has 0 fully saturated rings. The molecule has 3 nitrogen and oxygen atoms in total. The maximum atomic E-state index is 10.4. The van der Waals surface area contributed by atoms with Gasteiger partial charge in [0.2, 0.25) is 0 Å². The molecule has 0 heterocycles. The minimum absolute atomic E-state index is 1.55. The minimum Gasteiger partial charge on any atom is -0.647 e. The van der Waals surface area contributed by atoms with Crippen molar-refractivity contribution in [2.45, 2.75) is 0 Å². The normalized spacial score (nSPS) is 14.3. The van der Waals surface area contributed by atoms with Crippen molar-refractivity contribution in [2.75, 3.05) is 14.1 Å². The first kappa shape index (κ1) is 7.45. The van der Waals surface area contributed by atoms with Gasteiger partial charge in [-0.2, -0.15) is 4.67 Å². The van der Waals surface area contributed by atoms with Crippen molar-refractivity contribution in [2.24, 2.45) is 4.52 Å². The summed E-state index contributed by atoms with van der Waals surface area (Å²) in [5.74, 6) is 0. The van der Waals surface area contributed by atoms with Crippen LogP contribution in [0.15, 0.2) is 4.52 Å². The van der Waals surface area contributed by atoms with Crippen molar-refractivity contribution in [1.82, 2.24) is 4.67 Å². The molecule has 0 N–H and O–H groups in total. The van der Waals surface area contributed by atoms with Crippen LogP contribution in [-0.4, -0.2) is 18.8 Å². The molecule has 0 saturated carbocycles. The average Bonchev–Trinajstić information content (AvgIpc) is 1.65. The lowest BCUT2D eigenvalue weighted by Crippen LogP contribution is -2.10. The number of nitrogens with zero attached hydrogens (tertiary/aromatic N) is 2. The van der Waals surface area contributed by atoms with Crippen molar-refractivity contribution >= 4 is 17.5 Å². The Morgan fingerprint density at radius 2 is 2.14 bits per heavy atom. The van der Waals surface area contributed by atoms with Gasteiger partial charge in [0.1, 0.15) is 8.45 Å². The Hall–Kier alpha value is 0.450. The summed E-state index contributed by atoms with van der Waals surface area (Å²) in [5.41, 5.74) is 0. The molecule has 0 aromatic rings. The number of hydrogen-bond acceptors (Lipinski definition) is 3. The summed E-state index contributed by atoms with van der Waals surface area (Å²) in [4.78, 5) is 10.4. The van der Waals surface area contributed by atoms with Crippen molar-refractivity contribution < 1.29 is 4.89 Å². The molecule has 0 spiro atoms. The van der Waals surface area contributed by atoms with Gasteiger partial charge in [0.15, 0.2) is 0 Å². The van der Waals surface area contributed by atoms with Crippen LogP contribution in [0.5, 0.6) is 0 Å². The summed E-state index contributed by atoms with van der Waals surface area (Å²) < 4.78 is 4.92. The lowest BCUT2D eigenvalue weighted by molar-refractivity contribution is -0.168. The standard InChI is InChI=1S/C2H8N2OP2/c1-4(2)7(5)3-6/h6-7H,1-2H3. The molecule has 0 amide bonds. The van der Waals surface area contributed by atoms with Crippen LogP contribution in [-0.2, 0) is 0 Å². The van der Waals surface area contributed by atoms with E-state index in [0.29, 0.717) is 0 Å². The highest BCUT2D eigenvalue weighted by molar-refractivity contribution is 7.49. The molecular weight excluding hydrogens is 130 g/mol. The van der Waals surface area contributed by atoms with Crippen molar-refractivity contribution in [1.29, 1.82) is 0 Å². The van der Waals surface area contributed by atoms with E-state index in [1.165, 1.54) is 0 Å². The lowest BCUT2D eigenvalue weighted by atomic mass is 11.3. The first-order chi connectivity index (χ1) is 3.18. The molecule has 0 rings (SSSR count). The first-order valence-corrected chi connectivity index (χ1v) is 3.52. The fraction of sp³-hybridized carbons (Fsp3) is 1.00. The maximum Gasteiger partial charge on any atom is 0.149 e. The van der Waals surface area contributed by atoms with Gasteiger partial charge in [0.25, 0.3) is 0 Å². The van der Waals surface area contributed by atoms with Crippen molar-refractivity contribution in [3.8, 4) is 0 Å². The van der Waals surface area contributed by atoms with Crippen LogP contribution in [0.4, 0.5) is 0 Å². The fourth-order valence-electron chi connectivity index (χ4n) is 0.100. The van der Waals surface area contributed by atoms with E-state index in [2.05, 4.69) is 13.5 Å². The molecular formula is C2H8N2OP2. The van der Waals surface area contributed by atoms with E-state index in [1.807, 2.05) is 0 Å². The van der Waals surface area contributed by atoms with E-state index < -0.39 is 8.45 Å². The van der Waals surface area contributed by atoms with Gasteiger partial charge in [-0.25, -0.2) is 0 Å². The second kappa shape index (κ2) is 3.45. The Kier molecular flexibility index (Phi) is 3.67. The zero-order chi connectivity index (χ0) is 5.86. The molecule has 0 aromatic heterocycles. The van der Waals surface area contributed by atoms with Crippen molar-refractivity contribution in [3.05, 3.63) is 0 Å². The maximum absolute atomic E-state index is 10.4. The van der Waals surface area contributed by atoms with Gasteiger partial charge >= 0.3 is 0 Å². The second-order valence-electron chi connectivity index (χ2n) is 1.29. The van der Waals surface area contributed by atoms with Crippen LogP contribution in [0, 0.1) is 0 Å². The third-order valence-corrected chi connectivity index (χ3v) is 2.01. The third-order valence-electron chi connectivity index (χ3n) is 0.478. The third kappa shape index (κ3) is 3.07. The van der Waals surface area contributed by atoms with Gasteiger partial charge in [0, 0.05) is 23.1 Å². The Morgan fingerprint density at radius 3 is 2.14 bits per heavy atom. The van der Waals surface area contributed by atoms with Gasteiger partial charge in [-0.3, -0.25) is 0 Å². The second-order valence-corrected chi connectivity index (χ2v) is 3.64. The SMILES string of the molecule is CN(C)[PH+]([O-])N=P. The molecule has 0 radical (unpaired) electrons. The summed E-state index contributed by atoms with van der Waals surface area (Å²) in [7, 11) is 4.38. The topological polar surface area (TPSA) is 38.7 Å². The molecule has 0 aliphatic heterocycles. The Labute approximate surface area is 46.6 Å². The average molecular weight is 138 g/mol. The summed E-state index contributed by atoms with van der Waals surface area (Å²) in [6.45, 7) is 0. The van der Waals surface area contributed by atoms with Crippen LogP contribution < -0.4 is 4.89 Å². The number of hydrogen-bond donors (Lipinski definition) is 0. The van der Waals surface area contributed by atoms with E-state index in [0.717, 1.165) is 0 Å². The molecule has 0 aromatic carbocycles. The fourth-order valence-corrected chi connectivity index (χ4v) is 0.900. The van der Waals surface area contributed by atoms with Crippen LogP contribution in [0.25, 0.3) is 0 Å². The zero-order valence-electron chi connectivity index (χ0n) is 4.30. The van der Waals surface area contributed by atoms with Crippen LogP contribution in [0.3, 0.4) is 0 Å². The van der Waals surface area contributed by atoms with E-state index in [9.17, 15) is 4.89 Å². The molecule has 42 valence electrons. The van der Waals surface area contributed by atoms with E-state index >= 15 is 0 Å². The molecule has 0 aliphatic rings. The summed E-state index contributed by atoms with van der Waals surface area (Å²) >= 11 is 0. The van der Waals surface area contributed by atoms with E-state index in [-0.39, 0.29) is 0 Å². The smallest absolute Gasteiger partial charge is 0.149 e. The summed E-state index contributed by atoms with van der Waals surface area (Å²) in [5, 5.41) is 0. The minimum atomic E-state index is -1.82. The molecule has 0 saturated heterocycles. The highest BCUT2D eigenvalue weighted by Crippen LogP contribution is 2.28. The van der Waals surface area contributed by atoms with Gasteiger partial charge < -0.3 is 4.89 Å². The summed E-state index contributed by atoms with van der Waals surface area (Å²) in [6, 6.07) is 0. The van der Waals surface area contributed by atoms with Gasteiger partial charge in [0.05, 0.1) is 0 Å². The van der Waals surface area contributed by atoms with E-state index in [1.54, 1.807) is 18.8 Å². The van der Waals surface area contributed by atoms with Gasteiger partial charge in [-0.05, 0) is 0 Å². The Bertz CT molecular complexity index is 66.7. The first-order valence-electron chi connectivity index (χ1n) is 1.77. The largest absolute Gasteiger partial charge is 0.647 e. The van der Waals surface area contributed by atoms with Crippen LogP contribution in [0.1, 0.15) is 0 Å². The van der Waals surface area contributed by atoms with Crippen LogP contribution >= 0.6 is 17.5 Å². The monoisotopic (exact) mass is 138 g/mol. The predicted molar refractivity (Wildman–Crippen MR) is 32.7 cm³/mol. The molecule has 1 unspecified atom stereocenters. The van der Waals surface area contributed by atoms with E-state index in [4.69, 9.17) is 0 Å². The Balaban J connectivity index is 3.33. The highest BCUT2D eigenvalue weighted by Gasteiger charge is 1.98. The zero-order valence-corrected chi connectivity index (χ0v) is 6.30. The molecule has 5 heteroatoms. The van der Waals surface area contributed by atoms with Crippen LogP contribution in [0.2, 0.25) is 0 Å². The molecule has 0 bridgehead atoms. The summed E-state index contributed by atoms with van der Waals surface area (Å²) in [6.07, 6.45) is 0. The quantitative estimate of drug-likeness (QED) is 0.511. The van der Waals surface area contributed by atoms with Gasteiger partial charge in [-0.15, -0.1) is 4.52 Å². The van der Waals surface area contributed by atoms with Gasteiger partial charge in [-0.1, -0.05) is 0 Å². The molecule has 0 aliphatic carbocycles. The lowest BCUT2D eigenvalue weighted by Gasteiger charge is -2.10. The Morgan fingerprint density at radius 1 is 1.71 bits per heavy atom. The highest BCUT2D eigenvalue weighted by atomic mass is 31.2. The predicted octanol–water partition coefficient (Wildman–Crippen LogP) is 0.194. The number of rotatable bonds is 2.